The molecule has 1 fully saturated rings. The Morgan fingerprint density at radius 3 is 2.45 bits per heavy atom. The van der Waals surface area contributed by atoms with Crippen LogP contribution >= 0.6 is 0 Å². The van der Waals surface area contributed by atoms with E-state index >= 15 is 0 Å². The van der Waals surface area contributed by atoms with Crippen molar-refractivity contribution in [2.75, 3.05) is 44.7 Å². The Morgan fingerprint density at radius 2 is 1.76 bits per heavy atom. The summed E-state index contributed by atoms with van der Waals surface area (Å²) < 4.78 is 11.8. The summed E-state index contributed by atoms with van der Waals surface area (Å²) in [6.07, 6.45) is 0. The Kier molecular flexibility index (Phi) is 8.97. The largest absolute Gasteiger partial charge is 0.488 e. The van der Waals surface area contributed by atoms with Crippen molar-refractivity contribution in [3.8, 4) is 17.1 Å². The fourth-order valence-corrected chi connectivity index (χ4v) is 4.77. The molecular weight excluding hydrogens is 478 g/mol. The van der Waals surface area contributed by atoms with Crippen LogP contribution in [0, 0.1) is 13.8 Å². The topological polar surface area (TPSA) is 93.8 Å². The summed E-state index contributed by atoms with van der Waals surface area (Å²) in [5, 5.41) is 0. The zero-order valence-electron chi connectivity index (χ0n) is 23.2. The lowest BCUT2D eigenvalue weighted by molar-refractivity contribution is -0.119. The van der Waals surface area contributed by atoms with Gasteiger partial charge in [0.25, 0.3) is 0 Å². The Bertz CT molecular complexity index is 1270. The highest BCUT2D eigenvalue weighted by atomic mass is 16.5. The third-order valence-corrected chi connectivity index (χ3v) is 7.05. The molecule has 1 amide bonds. The molecule has 2 N–H and O–H groups in total. The lowest BCUT2D eigenvalue weighted by Crippen LogP contribution is -2.49. The smallest absolute Gasteiger partial charge is 0.231 e. The van der Waals surface area contributed by atoms with E-state index in [-0.39, 0.29) is 12.5 Å². The van der Waals surface area contributed by atoms with Crippen LogP contribution in [0.5, 0.6) is 5.75 Å². The van der Waals surface area contributed by atoms with Crippen molar-refractivity contribution in [3.05, 3.63) is 70.4 Å². The van der Waals surface area contributed by atoms with Gasteiger partial charge in [-0.15, -0.1) is 0 Å². The van der Waals surface area contributed by atoms with Gasteiger partial charge in [0.15, 0.2) is 5.82 Å². The number of nitrogens with zero attached hydrogens (tertiary/aromatic N) is 4. The summed E-state index contributed by atoms with van der Waals surface area (Å²) in [6, 6.07) is 14.5. The van der Waals surface area contributed by atoms with Crippen LogP contribution in [0.3, 0.4) is 0 Å². The molecule has 202 valence electrons. The number of carbonyl (C=O) groups is 1. The maximum Gasteiger partial charge on any atom is 0.231 e. The molecule has 8 heteroatoms. The number of ether oxygens (including phenoxy) is 2. The van der Waals surface area contributed by atoms with Gasteiger partial charge in [-0.1, -0.05) is 50.2 Å². The number of aryl methyl sites for hydroxylation is 2. The number of methoxy groups -OCH3 is 1. The van der Waals surface area contributed by atoms with Crippen molar-refractivity contribution in [2.24, 2.45) is 5.73 Å². The van der Waals surface area contributed by atoms with Crippen LogP contribution in [0.2, 0.25) is 0 Å². The van der Waals surface area contributed by atoms with Gasteiger partial charge in [-0.2, -0.15) is 0 Å². The Hall–Kier alpha value is -3.49. The van der Waals surface area contributed by atoms with Gasteiger partial charge in [0.2, 0.25) is 5.91 Å². The second-order valence-electron chi connectivity index (χ2n) is 10.2. The van der Waals surface area contributed by atoms with E-state index in [0.29, 0.717) is 25.0 Å². The molecule has 1 aliphatic heterocycles. The van der Waals surface area contributed by atoms with Crippen molar-refractivity contribution >= 4 is 11.7 Å². The number of hydrogen-bond acceptors (Lipinski definition) is 7. The van der Waals surface area contributed by atoms with Crippen LogP contribution in [0.15, 0.2) is 42.5 Å². The van der Waals surface area contributed by atoms with Gasteiger partial charge in [0.1, 0.15) is 18.2 Å². The lowest BCUT2D eigenvalue weighted by atomic mass is 10.0. The molecule has 3 aromatic rings. The van der Waals surface area contributed by atoms with Crippen LogP contribution < -0.4 is 15.4 Å². The molecule has 0 unspecified atom stereocenters. The van der Waals surface area contributed by atoms with Gasteiger partial charge >= 0.3 is 0 Å². The number of aromatic nitrogens is 2. The summed E-state index contributed by atoms with van der Waals surface area (Å²) in [4.78, 5) is 25.8. The maximum absolute atomic E-state index is 11.4. The number of nitrogens with two attached hydrogens (primary N) is 1. The molecule has 1 saturated heterocycles. The molecular formula is C30H39N5O3. The fourth-order valence-electron chi connectivity index (χ4n) is 4.77. The molecule has 0 atom stereocenters. The fraction of sp³-hybridized carbons (Fsp3) is 0.433. The number of carbonyl (C=O) groups excluding carboxylic acids is 1. The first kappa shape index (κ1) is 27.5. The van der Waals surface area contributed by atoms with Gasteiger partial charge in [-0.25, -0.2) is 9.97 Å². The normalized spacial score (nSPS) is 14.2. The predicted molar refractivity (Wildman–Crippen MR) is 150 cm³/mol. The zero-order chi connectivity index (χ0) is 27.2. The van der Waals surface area contributed by atoms with Crippen LogP contribution in [-0.2, 0) is 22.7 Å². The van der Waals surface area contributed by atoms with Gasteiger partial charge in [-0.3, -0.25) is 9.69 Å². The molecule has 0 bridgehead atoms. The lowest BCUT2D eigenvalue weighted by Gasteiger charge is -2.36. The SMILES string of the molecule is COCc1ccccc1-c1nc(C)c(COc2cc(C(C)C)ccc2C)c(N2CCN(CC(N)=O)CC2)n1. The third-order valence-electron chi connectivity index (χ3n) is 7.05. The first-order valence-corrected chi connectivity index (χ1v) is 13.2. The summed E-state index contributed by atoms with van der Waals surface area (Å²) in [5.74, 6) is 2.54. The molecule has 1 aromatic heterocycles. The molecule has 0 spiro atoms. The van der Waals surface area contributed by atoms with E-state index in [9.17, 15) is 4.79 Å². The number of benzene rings is 2. The first-order chi connectivity index (χ1) is 18.3. The minimum Gasteiger partial charge on any atom is -0.488 e. The highest BCUT2D eigenvalue weighted by Crippen LogP contribution is 2.31. The van der Waals surface area contributed by atoms with E-state index in [1.807, 2.05) is 31.2 Å². The van der Waals surface area contributed by atoms with E-state index in [1.54, 1.807) is 7.11 Å². The Labute approximate surface area is 225 Å². The zero-order valence-corrected chi connectivity index (χ0v) is 23.2. The van der Waals surface area contributed by atoms with Gasteiger partial charge in [0, 0.05) is 38.9 Å². The number of hydrogen-bond donors (Lipinski definition) is 1. The van der Waals surface area contributed by atoms with Crippen molar-refractivity contribution in [2.45, 2.75) is 46.8 Å². The second-order valence-corrected chi connectivity index (χ2v) is 10.2. The Balaban J connectivity index is 1.69. The van der Waals surface area contributed by atoms with Gasteiger partial charge < -0.3 is 20.1 Å². The highest BCUT2D eigenvalue weighted by Gasteiger charge is 2.24. The average Bonchev–Trinajstić information content (AvgIpc) is 2.89. The summed E-state index contributed by atoms with van der Waals surface area (Å²) in [7, 11) is 1.69. The summed E-state index contributed by atoms with van der Waals surface area (Å²) in [6.45, 7) is 12.5. The molecule has 8 nitrogen and oxygen atoms in total. The molecule has 2 heterocycles. The van der Waals surface area contributed by atoms with E-state index in [4.69, 9.17) is 25.2 Å². The van der Waals surface area contributed by atoms with Crippen LogP contribution in [0.1, 0.15) is 47.7 Å². The van der Waals surface area contributed by atoms with E-state index < -0.39 is 0 Å². The van der Waals surface area contributed by atoms with Crippen molar-refractivity contribution in [1.82, 2.24) is 14.9 Å². The molecule has 1 aliphatic rings. The molecule has 0 aliphatic carbocycles. The second kappa shape index (κ2) is 12.4. The van der Waals surface area contributed by atoms with Gasteiger partial charge in [-0.05, 0) is 42.5 Å². The minimum atomic E-state index is -0.304. The van der Waals surface area contributed by atoms with Crippen LogP contribution in [0.4, 0.5) is 5.82 Å². The minimum absolute atomic E-state index is 0.272. The van der Waals surface area contributed by atoms with Gasteiger partial charge in [0.05, 0.1) is 24.4 Å². The predicted octanol–water partition coefficient (Wildman–Crippen LogP) is 4.22. The van der Waals surface area contributed by atoms with E-state index in [2.05, 4.69) is 48.8 Å². The first-order valence-electron chi connectivity index (χ1n) is 13.2. The van der Waals surface area contributed by atoms with E-state index in [1.165, 1.54) is 5.56 Å². The summed E-state index contributed by atoms with van der Waals surface area (Å²) in [5.41, 5.74) is 11.6. The Morgan fingerprint density at radius 1 is 1.03 bits per heavy atom. The molecule has 0 radical (unpaired) electrons. The highest BCUT2D eigenvalue weighted by molar-refractivity contribution is 5.76. The number of primary amides is 1. The van der Waals surface area contributed by atoms with E-state index in [0.717, 1.165) is 65.7 Å². The number of amides is 1. The third kappa shape index (κ3) is 6.49. The standard InChI is InChI=1S/C30H39N5O3/c1-20(2)23-11-10-21(3)27(16-23)38-19-26-22(4)32-29(25-9-7-6-8-24(25)18-37-5)33-30(26)35-14-12-34(13-15-35)17-28(31)36/h6-11,16,20H,12-15,17-19H2,1-5H3,(H2,31,36). The van der Waals surface area contributed by atoms with Crippen molar-refractivity contribution < 1.29 is 14.3 Å². The molecule has 4 rings (SSSR count). The molecule has 2 aromatic carbocycles. The number of anilines is 1. The van der Waals surface area contributed by atoms with Crippen LogP contribution in [-0.4, -0.2) is 60.6 Å². The number of rotatable bonds is 10. The monoisotopic (exact) mass is 517 g/mol. The van der Waals surface area contributed by atoms with Crippen molar-refractivity contribution in [1.29, 1.82) is 0 Å². The number of piperazine rings is 1. The molecule has 38 heavy (non-hydrogen) atoms. The summed E-state index contributed by atoms with van der Waals surface area (Å²) >= 11 is 0. The van der Waals surface area contributed by atoms with Crippen LogP contribution in [0.25, 0.3) is 11.4 Å². The quantitative estimate of drug-likeness (QED) is 0.430. The average molecular weight is 518 g/mol. The van der Waals surface area contributed by atoms with Crippen molar-refractivity contribution in [3.63, 3.8) is 0 Å². The maximum atomic E-state index is 11.4. The molecule has 0 saturated carbocycles.